The van der Waals surface area contributed by atoms with E-state index < -0.39 is 0 Å². The molecule has 0 aliphatic carbocycles. The highest BCUT2D eigenvalue weighted by Gasteiger charge is 2.32. The second-order valence-electron chi connectivity index (χ2n) is 4.29. The summed E-state index contributed by atoms with van der Waals surface area (Å²) in [5, 5.41) is 10.2. The van der Waals surface area contributed by atoms with Gasteiger partial charge in [0, 0.05) is 36.6 Å². The van der Waals surface area contributed by atoms with Gasteiger partial charge >= 0.3 is 0 Å². The van der Waals surface area contributed by atoms with E-state index in [1.807, 2.05) is 18.2 Å². The lowest BCUT2D eigenvalue weighted by Crippen LogP contribution is -2.16. The number of aliphatic hydroxyl groups excluding tert-OH is 1. The third kappa shape index (κ3) is 2.17. The average Bonchev–Trinajstić information content (AvgIpc) is 2.60. The molecule has 0 unspecified atom stereocenters. The molecule has 0 bridgehead atoms. The van der Waals surface area contributed by atoms with E-state index >= 15 is 0 Å². The second kappa shape index (κ2) is 4.52. The maximum Gasteiger partial charge on any atom is 0.0477 e. The van der Waals surface area contributed by atoms with Gasteiger partial charge in [0.15, 0.2) is 0 Å². The fourth-order valence-electron chi connectivity index (χ4n) is 2.40. The highest BCUT2D eigenvalue weighted by atomic mass is 35.5. The first kappa shape index (κ1) is 10.9. The highest BCUT2D eigenvalue weighted by molar-refractivity contribution is 6.31. The van der Waals surface area contributed by atoms with Crippen LogP contribution in [0.3, 0.4) is 0 Å². The molecule has 1 N–H and O–H groups in total. The maximum absolute atomic E-state index is 9.34. The standard InChI is InChI=1S/C12H16ClNO/c1-14-6-9(8-15)11(7-14)10-4-2-3-5-12(10)13/h2-5,9,11,15H,6-8H2,1H3/t9-,11+/m0/s1. The molecule has 1 aliphatic heterocycles. The number of halogens is 1. The van der Waals surface area contributed by atoms with E-state index in [0.717, 1.165) is 18.1 Å². The first-order chi connectivity index (χ1) is 7.22. The van der Waals surface area contributed by atoms with Gasteiger partial charge in [-0.05, 0) is 18.7 Å². The van der Waals surface area contributed by atoms with Crippen molar-refractivity contribution in [3.05, 3.63) is 34.9 Å². The first-order valence-electron chi connectivity index (χ1n) is 5.26. The molecule has 2 nitrogen and oxygen atoms in total. The molecule has 0 amide bonds. The zero-order chi connectivity index (χ0) is 10.8. The van der Waals surface area contributed by atoms with Gasteiger partial charge in [-0.3, -0.25) is 0 Å². The molecule has 1 fully saturated rings. The molecule has 2 atom stereocenters. The Morgan fingerprint density at radius 1 is 1.40 bits per heavy atom. The van der Waals surface area contributed by atoms with Gasteiger partial charge in [-0.25, -0.2) is 0 Å². The molecule has 2 rings (SSSR count). The normalized spacial score (nSPS) is 27.1. The molecule has 1 aliphatic rings. The van der Waals surface area contributed by atoms with E-state index in [4.69, 9.17) is 11.6 Å². The van der Waals surface area contributed by atoms with Crippen molar-refractivity contribution >= 4 is 11.6 Å². The lowest BCUT2D eigenvalue weighted by atomic mass is 9.89. The van der Waals surface area contributed by atoms with Gasteiger partial charge in [-0.2, -0.15) is 0 Å². The molecule has 0 spiro atoms. The van der Waals surface area contributed by atoms with E-state index in [9.17, 15) is 5.11 Å². The Balaban J connectivity index is 2.26. The molecule has 0 radical (unpaired) electrons. The van der Waals surface area contributed by atoms with Crippen molar-refractivity contribution in [2.75, 3.05) is 26.7 Å². The largest absolute Gasteiger partial charge is 0.396 e. The number of likely N-dealkylation sites (tertiary alicyclic amines) is 1. The molecule has 1 aromatic rings. The minimum absolute atomic E-state index is 0.236. The van der Waals surface area contributed by atoms with E-state index in [2.05, 4.69) is 18.0 Å². The summed E-state index contributed by atoms with van der Waals surface area (Å²) < 4.78 is 0. The molecule has 0 aromatic heterocycles. The molecule has 0 saturated carbocycles. The summed E-state index contributed by atoms with van der Waals surface area (Å²) in [6, 6.07) is 7.94. The summed E-state index contributed by atoms with van der Waals surface area (Å²) in [6.07, 6.45) is 0. The third-order valence-electron chi connectivity index (χ3n) is 3.16. The molecule has 15 heavy (non-hydrogen) atoms. The summed E-state index contributed by atoms with van der Waals surface area (Å²) in [7, 11) is 2.08. The van der Waals surface area contributed by atoms with E-state index in [1.54, 1.807) is 0 Å². The summed E-state index contributed by atoms with van der Waals surface area (Å²) in [6.45, 7) is 2.17. The number of hydrogen-bond donors (Lipinski definition) is 1. The molecule has 82 valence electrons. The van der Waals surface area contributed by atoms with Crippen molar-refractivity contribution in [1.29, 1.82) is 0 Å². The van der Waals surface area contributed by atoms with Gasteiger partial charge in [0.1, 0.15) is 0 Å². The van der Waals surface area contributed by atoms with Crippen LogP contribution < -0.4 is 0 Å². The summed E-state index contributed by atoms with van der Waals surface area (Å²) >= 11 is 6.17. The predicted molar refractivity (Wildman–Crippen MR) is 62.3 cm³/mol. The Morgan fingerprint density at radius 2 is 2.13 bits per heavy atom. The molecule has 3 heteroatoms. The zero-order valence-corrected chi connectivity index (χ0v) is 9.61. The van der Waals surface area contributed by atoms with Crippen molar-refractivity contribution in [1.82, 2.24) is 4.90 Å². The Bertz CT molecular complexity index is 342. The van der Waals surface area contributed by atoms with Crippen molar-refractivity contribution in [2.24, 2.45) is 5.92 Å². The minimum Gasteiger partial charge on any atom is -0.396 e. The van der Waals surface area contributed by atoms with Crippen LogP contribution in [0.5, 0.6) is 0 Å². The van der Waals surface area contributed by atoms with Gasteiger partial charge in [-0.1, -0.05) is 29.8 Å². The lowest BCUT2D eigenvalue weighted by molar-refractivity contribution is 0.219. The number of likely N-dealkylation sites (N-methyl/N-ethyl adjacent to an activating group) is 1. The predicted octanol–water partition coefficient (Wildman–Crippen LogP) is 1.98. The van der Waals surface area contributed by atoms with Gasteiger partial charge in [0.25, 0.3) is 0 Å². The van der Waals surface area contributed by atoms with Crippen LogP contribution in [0.1, 0.15) is 11.5 Å². The minimum atomic E-state index is 0.236. The van der Waals surface area contributed by atoms with Crippen LogP contribution in [0, 0.1) is 5.92 Å². The number of benzene rings is 1. The zero-order valence-electron chi connectivity index (χ0n) is 8.86. The number of rotatable bonds is 2. The van der Waals surface area contributed by atoms with Crippen LogP contribution in [0.25, 0.3) is 0 Å². The Morgan fingerprint density at radius 3 is 2.80 bits per heavy atom. The van der Waals surface area contributed by atoms with E-state index in [0.29, 0.717) is 11.8 Å². The summed E-state index contributed by atoms with van der Waals surface area (Å²) in [5.74, 6) is 0.684. The van der Waals surface area contributed by atoms with Crippen molar-refractivity contribution in [3.63, 3.8) is 0 Å². The summed E-state index contributed by atoms with van der Waals surface area (Å²) in [5.41, 5.74) is 1.17. The topological polar surface area (TPSA) is 23.5 Å². The van der Waals surface area contributed by atoms with Crippen LogP contribution in [0.15, 0.2) is 24.3 Å². The van der Waals surface area contributed by atoms with Gasteiger partial charge < -0.3 is 10.0 Å². The van der Waals surface area contributed by atoms with Crippen LogP contribution in [0.4, 0.5) is 0 Å². The quantitative estimate of drug-likeness (QED) is 0.832. The highest BCUT2D eigenvalue weighted by Crippen LogP contribution is 2.35. The van der Waals surface area contributed by atoms with Crippen molar-refractivity contribution in [3.8, 4) is 0 Å². The van der Waals surface area contributed by atoms with Crippen LogP contribution in [-0.4, -0.2) is 36.8 Å². The maximum atomic E-state index is 9.34. The fraction of sp³-hybridized carbons (Fsp3) is 0.500. The van der Waals surface area contributed by atoms with Crippen LogP contribution in [-0.2, 0) is 0 Å². The summed E-state index contributed by atoms with van der Waals surface area (Å²) in [4.78, 5) is 2.24. The van der Waals surface area contributed by atoms with Gasteiger partial charge in [-0.15, -0.1) is 0 Å². The third-order valence-corrected chi connectivity index (χ3v) is 3.51. The Kier molecular flexibility index (Phi) is 3.29. The second-order valence-corrected chi connectivity index (χ2v) is 4.70. The molecule has 1 aromatic carbocycles. The molecular formula is C12H16ClNO. The SMILES string of the molecule is CN1C[C@@H](CO)[C@H](c2ccccc2Cl)C1. The smallest absolute Gasteiger partial charge is 0.0477 e. The van der Waals surface area contributed by atoms with Crippen LogP contribution >= 0.6 is 11.6 Å². The number of hydrogen-bond acceptors (Lipinski definition) is 2. The monoisotopic (exact) mass is 225 g/mol. The van der Waals surface area contributed by atoms with Gasteiger partial charge in [0.05, 0.1) is 0 Å². The van der Waals surface area contributed by atoms with E-state index in [-0.39, 0.29) is 6.61 Å². The molecular weight excluding hydrogens is 210 g/mol. The number of aliphatic hydroxyl groups is 1. The fourth-order valence-corrected chi connectivity index (χ4v) is 2.68. The van der Waals surface area contributed by atoms with Crippen molar-refractivity contribution in [2.45, 2.75) is 5.92 Å². The average molecular weight is 226 g/mol. The van der Waals surface area contributed by atoms with E-state index in [1.165, 1.54) is 5.56 Å². The molecule has 1 heterocycles. The Hall–Kier alpha value is -0.570. The molecule has 1 saturated heterocycles. The first-order valence-corrected chi connectivity index (χ1v) is 5.64. The lowest BCUT2D eigenvalue weighted by Gasteiger charge is -2.17. The van der Waals surface area contributed by atoms with Crippen LogP contribution in [0.2, 0.25) is 5.02 Å². The van der Waals surface area contributed by atoms with Gasteiger partial charge in [0.2, 0.25) is 0 Å². The van der Waals surface area contributed by atoms with Crippen molar-refractivity contribution < 1.29 is 5.11 Å². The number of nitrogens with zero attached hydrogens (tertiary/aromatic N) is 1. The Labute approximate surface area is 95.5 Å².